The van der Waals surface area contributed by atoms with E-state index >= 15 is 0 Å². The van der Waals surface area contributed by atoms with Gasteiger partial charge in [0.2, 0.25) is 0 Å². The van der Waals surface area contributed by atoms with Crippen LogP contribution in [0.15, 0.2) is 59.5 Å². The summed E-state index contributed by atoms with van der Waals surface area (Å²) in [6.07, 6.45) is -1.37. The standard InChI is InChI=1S/C16H17N3O5S/c20-16-15(12-6-2-1-3-7-12)17-10-11-18(16)25(23,24)14-9-5-4-8-13(14)19(21)22/h1-9,15-17,20H,10-11H2. The number of sulfonamides is 1. The van der Waals surface area contributed by atoms with Crippen molar-refractivity contribution in [3.63, 3.8) is 0 Å². The first-order valence-electron chi connectivity index (χ1n) is 7.64. The van der Waals surface area contributed by atoms with Gasteiger partial charge < -0.3 is 10.4 Å². The quantitative estimate of drug-likeness (QED) is 0.624. The Kier molecular flexibility index (Phi) is 4.82. The van der Waals surface area contributed by atoms with Crippen LogP contribution in [0, 0.1) is 10.1 Å². The molecule has 2 N–H and O–H groups in total. The van der Waals surface area contributed by atoms with Crippen molar-refractivity contribution in [3.8, 4) is 0 Å². The molecule has 1 aliphatic rings. The third-order valence-electron chi connectivity index (χ3n) is 4.10. The number of aliphatic hydroxyl groups excluding tert-OH is 1. The predicted octanol–water partition coefficient (Wildman–Crippen LogP) is 1.25. The second-order valence-corrected chi connectivity index (χ2v) is 7.46. The first-order valence-corrected chi connectivity index (χ1v) is 9.08. The maximum Gasteiger partial charge on any atom is 0.289 e. The van der Waals surface area contributed by atoms with Gasteiger partial charge in [-0.05, 0) is 11.6 Å². The highest BCUT2D eigenvalue weighted by molar-refractivity contribution is 7.89. The Balaban J connectivity index is 1.99. The van der Waals surface area contributed by atoms with E-state index in [9.17, 15) is 23.6 Å². The van der Waals surface area contributed by atoms with Gasteiger partial charge in [-0.3, -0.25) is 10.1 Å². The van der Waals surface area contributed by atoms with Crippen LogP contribution in [0.4, 0.5) is 5.69 Å². The van der Waals surface area contributed by atoms with E-state index in [-0.39, 0.29) is 6.54 Å². The third kappa shape index (κ3) is 3.27. The minimum Gasteiger partial charge on any atom is -0.375 e. The highest BCUT2D eigenvalue weighted by Crippen LogP contribution is 2.31. The summed E-state index contributed by atoms with van der Waals surface area (Å²) < 4.78 is 26.8. The zero-order valence-corrected chi connectivity index (χ0v) is 14.0. The smallest absolute Gasteiger partial charge is 0.289 e. The largest absolute Gasteiger partial charge is 0.375 e. The molecule has 0 aliphatic carbocycles. The Morgan fingerprint density at radius 2 is 1.76 bits per heavy atom. The molecule has 132 valence electrons. The Hall–Kier alpha value is -2.33. The van der Waals surface area contributed by atoms with Crippen molar-refractivity contribution in [1.82, 2.24) is 9.62 Å². The number of benzene rings is 2. The van der Waals surface area contributed by atoms with E-state index in [1.165, 1.54) is 18.2 Å². The number of aliphatic hydroxyl groups is 1. The fourth-order valence-electron chi connectivity index (χ4n) is 2.90. The van der Waals surface area contributed by atoms with Crippen LogP contribution in [-0.4, -0.2) is 42.1 Å². The number of nitro benzene ring substituents is 1. The number of para-hydroxylation sites is 1. The summed E-state index contributed by atoms with van der Waals surface area (Å²) in [5.74, 6) is 0. The molecule has 1 heterocycles. The molecule has 0 spiro atoms. The highest BCUT2D eigenvalue weighted by Gasteiger charge is 2.40. The maximum absolute atomic E-state index is 12.9. The molecule has 0 radical (unpaired) electrons. The first-order chi connectivity index (χ1) is 11.9. The van der Waals surface area contributed by atoms with E-state index < -0.39 is 37.8 Å². The minimum atomic E-state index is -4.23. The lowest BCUT2D eigenvalue weighted by Crippen LogP contribution is -2.55. The van der Waals surface area contributed by atoms with Crippen LogP contribution in [-0.2, 0) is 10.0 Å². The average Bonchev–Trinajstić information content (AvgIpc) is 2.62. The predicted molar refractivity (Wildman–Crippen MR) is 90.2 cm³/mol. The van der Waals surface area contributed by atoms with Gasteiger partial charge in [0.15, 0.2) is 4.90 Å². The van der Waals surface area contributed by atoms with Crippen molar-refractivity contribution in [2.75, 3.05) is 13.1 Å². The SMILES string of the molecule is O=[N+]([O-])c1ccccc1S(=O)(=O)N1CCNC(c2ccccc2)C1O. The highest BCUT2D eigenvalue weighted by atomic mass is 32.2. The van der Waals surface area contributed by atoms with Crippen molar-refractivity contribution >= 4 is 15.7 Å². The lowest BCUT2D eigenvalue weighted by molar-refractivity contribution is -0.387. The summed E-state index contributed by atoms with van der Waals surface area (Å²) in [6, 6.07) is 13.5. The van der Waals surface area contributed by atoms with Gasteiger partial charge in [0.05, 0.1) is 11.0 Å². The van der Waals surface area contributed by atoms with E-state index in [0.717, 1.165) is 15.9 Å². The molecule has 2 aromatic rings. The van der Waals surface area contributed by atoms with Crippen molar-refractivity contribution < 1.29 is 18.4 Å². The number of hydrogen-bond donors (Lipinski definition) is 2. The summed E-state index contributed by atoms with van der Waals surface area (Å²) >= 11 is 0. The van der Waals surface area contributed by atoms with Gasteiger partial charge in [-0.1, -0.05) is 42.5 Å². The van der Waals surface area contributed by atoms with Gasteiger partial charge in [0.25, 0.3) is 15.7 Å². The van der Waals surface area contributed by atoms with Gasteiger partial charge >= 0.3 is 0 Å². The van der Waals surface area contributed by atoms with E-state index in [4.69, 9.17) is 0 Å². The number of nitrogens with zero attached hydrogens (tertiary/aromatic N) is 2. The fraction of sp³-hybridized carbons (Fsp3) is 0.250. The molecule has 3 rings (SSSR count). The van der Waals surface area contributed by atoms with Crippen LogP contribution < -0.4 is 5.32 Å². The van der Waals surface area contributed by atoms with E-state index in [1.54, 1.807) is 24.3 Å². The molecule has 8 nitrogen and oxygen atoms in total. The zero-order valence-electron chi connectivity index (χ0n) is 13.1. The summed E-state index contributed by atoms with van der Waals surface area (Å²) in [7, 11) is -4.23. The van der Waals surface area contributed by atoms with Crippen molar-refractivity contribution in [2.45, 2.75) is 17.2 Å². The summed E-state index contributed by atoms with van der Waals surface area (Å²) in [4.78, 5) is 10.0. The van der Waals surface area contributed by atoms with Gasteiger partial charge in [0, 0.05) is 19.2 Å². The number of hydrogen-bond acceptors (Lipinski definition) is 6. The fourth-order valence-corrected chi connectivity index (χ4v) is 4.55. The summed E-state index contributed by atoms with van der Waals surface area (Å²) in [5, 5.41) is 24.9. The van der Waals surface area contributed by atoms with E-state index in [1.807, 2.05) is 6.07 Å². The molecule has 0 saturated carbocycles. The minimum absolute atomic E-state index is 0.0128. The molecule has 1 saturated heterocycles. The lowest BCUT2D eigenvalue weighted by Gasteiger charge is -2.37. The molecule has 0 amide bonds. The molecule has 2 atom stereocenters. The van der Waals surface area contributed by atoms with Crippen molar-refractivity contribution in [1.29, 1.82) is 0 Å². The maximum atomic E-state index is 12.9. The van der Waals surface area contributed by atoms with Gasteiger partial charge in [-0.2, -0.15) is 4.31 Å². The number of nitro groups is 1. The van der Waals surface area contributed by atoms with Crippen LogP contribution in [0.3, 0.4) is 0 Å². The van der Waals surface area contributed by atoms with Gasteiger partial charge in [0.1, 0.15) is 6.23 Å². The normalized spacial score (nSPS) is 21.8. The van der Waals surface area contributed by atoms with E-state index in [2.05, 4.69) is 5.32 Å². The molecule has 9 heteroatoms. The van der Waals surface area contributed by atoms with Crippen LogP contribution in [0.2, 0.25) is 0 Å². The lowest BCUT2D eigenvalue weighted by atomic mass is 10.0. The molecular weight excluding hydrogens is 346 g/mol. The monoisotopic (exact) mass is 363 g/mol. The van der Waals surface area contributed by atoms with Gasteiger partial charge in [-0.15, -0.1) is 0 Å². The van der Waals surface area contributed by atoms with Crippen LogP contribution in [0.5, 0.6) is 0 Å². The topological polar surface area (TPSA) is 113 Å². The number of rotatable bonds is 4. The Labute approximate surface area is 144 Å². The molecule has 0 bridgehead atoms. The molecule has 25 heavy (non-hydrogen) atoms. The Bertz CT molecular complexity index is 872. The van der Waals surface area contributed by atoms with Gasteiger partial charge in [-0.25, -0.2) is 8.42 Å². The summed E-state index contributed by atoms with van der Waals surface area (Å²) in [5.41, 5.74) is 0.224. The van der Waals surface area contributed by atoms with Crippen molar-refractivity contribution in [3.05, 3.63) is 70.3 Å². The van der Waals surface area contributed by atoms with Crippen LogP contribution in [0.25, 0.3) is 0 Å². The number of piperazine rings is 1. The zero-order chi connectivity index (χ0) is 18.0. The molecular formula is C16H17N3O5S. The summed E-state index contributed by atoms with van der Waals surface area (Å²) in [6.45, 7) is 0.329. The second-order valence-electron chi connectivity index (χ2n) is 5.60. The average molecular weight is 363 g/mol. The van der Waals surface area contributed by atoms with Crippen LogP contribution in [0.1, 0.15) is 11.6 Å². The second kappa shape index (κ2) is 6.89. The van der Waals surface area contributed by atoms with Crippen molar-refractivity contribution in [2.24, 2.45) is 0 Å². The van der Waals surface area contributed by atoms with Crippen LogP contribution >= 0.6 is 0 Å². The van der Waals surface area contributed by atoms with E-state index in [0.29, 0.717) is 6.54 Å². The molecule has 1 aliphatic heterocycles. The third-order valence-corrected chi connectivity index (χ3v) is 6.01. The number of nitrogens with one attached hydrogen (secondary N) is 1. The molecule has 1 fully saturated rings. The Morgan fingerprint density at radius 3 is 2.44 bits per heavy atom. The molecule has 2 unspecified atom stereocenters. The molecule has 0 aromatic heterocycles. The first kappa shape index (κ1) is 17.5. The Morgan fingerprint density at radius 1 is 1.12 bits per heavy atom. The molecule has 2 aromatic carbocycles.